The zero-order valence-corrected chi connectivity index (χ0v) is 21.9. The molecule has 0 spiro atoms. The first-order chi connectivity index (χ1) is 17.7. The van der Waals surface area contributed by atoms with E-state index >= 15 is 0 Å². The zero-order valence-electron chi connectivity index (χ0n) is 19.6. The summed E-state index contributed by atoms with van der Waals surface area (Å²) < 4.78 is 10.5. The van der Waals surface area contributed by atoms with Gasteiger partial charge in [0.15, 0.2) is 0 Å². The van der Waals surface area contributed by atoms with Gasteiger partial charge in [0.1, 0.15) is 22.2 Å². The summed E-state index contributed by atoms with van der Waals surface area (Å²) in [6, 6.07) is 16.0. The van der Waals surface area contributed by atoms with E-state index in [9.17, 15) is 14.4 Å². The Kier molecular flexibility index (Phi) is 7.92. The quantitative estimate of drug-likeness (QED) is 0.359. The molecule has 2 N–H and O–H groups in total. The number of amides is 3. The number of nitrogens with one attached hydrogen (secondary N) is 2. The van der Waals surface area contributed by atoms with E-state index in [-0.39, 0.29) is 34.6 Å². The highest BCUT2D eigenvalue weighted by molar-refractivity contribution is 6.53. The molecule has 1 heterocycles. The van der Waals surface area contributed by atoms with Crippen molar-refractivity contribution in [2.24, 2.45) is 0 Å². The van der Waals surface area contributed by atoms with Crippen LogP contribution in [-0.2, 0) is 16.1 Å². The van der Waals surface area contributed by atoms with Crippen LogP contribution in [0.25, 0.3) is 0 Å². The van der Waals surface area contributed by atoms with Crippen molar-refractivity contribution in [3.8, 4) is 11.5 Å². The van der Waals surface area contributed by atoms with Gasteiger partial charge in [0.25, 0.3) is 17.7 Å². The average molecular weight is 561 g/mol. The van der Waals surface area contributed by atoms with Crippen LogP contribution in [0.2, 0.25) is 10.0 Å². The van der Waals surface area contributed by atoms with Crippen molar-refractivity contribution < 1.29 is 23.9 Å². The molecule has 0 radical (unpaired) electrons. The van der Waals surface area contributed by atoms with Gasteiger partial charge in [-0.2, -0.15) is 0 Å². The molecule has 0 atom stereocenters. The van der Waals surface area contributed by atoms with Gasteiger partial charge in [0.2, 0.25) is 0 Å². The highest BCUT2D eigenvalue weighted by Crippen LogP contribution is 2.37. The summed E-state index contributed by atoms with van der Waals surface area (Å²) in [5.74, 6) is -0.908. The van der Waals surface area contributed by atoms with Crippen LogP contribution in [0, 0.1) is 0 Å². The average Bonchev–Trinajstić information content (AvgIpc) is 3.10. The molecule has 3 aromatic carbocycles. The maximum atomic E-state index is 13.1. The maximum Gasteiger partial charge on any atom is 0.283 e. The van der Waals surface area contributed by atoms with Gasteiger partial charge in [-0.1, -0.05) is 40.9 Å². The van der Waals surface area contributed by atoms with Crippen molar-refractivity contribution in [2.45, 2.75) is 6.54 Å². The Morgan fingerprint density at radius 2 is 1.62 bits per heavy atom. The molecule has 0 saturated heterocycles. The van der Waals surface area contributed by atoms with E-state index in [0.29, 0.717) is 27.0 Å². The first kappa shape index (κ1) is 26.3. The number of rotatable bonds is 8. The van der Waals surface area contributed by atoms with Gasteiger partial charge in [-0.25, -0.2) is 4.90 Å². The summed E-state index contributed by atoms with van der Waals surface area (Å²) in [6.07, 6.45) is 0. The van der Waals surface area contributed by atoms with E-state index in [0.717, 1.165) is 10.5 Å². The second-order valence-corrected chi connectivity index (χ2v) is 9.01. The Labute approximate surface area is 227 Å². The van der Waals surface area contributed by atoms with Crippen LogP contribution < -0.4 is 25.0 Å². The lowest BCUT2D eigenvalue weighted by molar-refractivity contribution is -0.120. The summed E-state index contributed by atoms with van der Waals surface area (Å²) in [4.78, 5) is 39.4. The number of ether oxygens (including phenoxy) is 2. The Bertz CT molecular complexity index is 1420. The number of nitrogens with zero attached hydrogens (tertiary/aromatic N) is 1. The first-order valence-electron chi connectivity index (χ1n) is 10.8. The second-order valence-electron chi connectivity index (χ2n) is 7.79. The number of halogens is 3. The van der Waals surface area contributed by atoms with Gasteiger partial charge in [0.05, 0.1) is 19.9 Å². The van der Waals surface area contributed by atoms with Crippen LogP contribution in [0.1, 0.15) is 15.9 Å². The highest BCUT2D eigenvalue weighted by atomic mass is 35.5. The van der Waals surface area contributed by atoms with E-state index in [1.54, 1.807) is 54.6 Å². The number of imide groups is 1. The van der Waals surface area contributed by atoms with Gasteiger partial charge in [0, 0.05) is 33.9 Å². The summed E-state index contributed by atoms with van der Waals surface area (Å²) in [7, 11) is 2.91. The first-order valence-corrected chi connectivity index (χ1v) is 12.0. The summed E-state index contributed by atoms with van der Waals surface area (Å²) in [5, 5.41) is 6.35. The van der Waals surface area contributed by atoms with Crippen molar-refractivity contribution >= 4 is 63.9 Å². The van der Waals surface area contributed by atoms with Gasteiger partial charge in [-0.05, 0) is 54.1 Å². The SMILES string of the molecule is COc1ccc(N2C(=O)C(Cl)=C(Nc3ccc(C(=O)NCc4ccc(Cl)cc4Cl)cc3)C2=O)c(OC)c1. The topological polar surface area (TPSA) is 97.0 Å². The molecule has 4 rings (SSSR count). The molecule has 1 aliphatic heterocycles. The fourth-order valence-corrected chi connectivity index (χ4v) is 4.28. The number of carbonyl (C=O) groups excluding carboxylic acids is 3. The molecule has 190 valence electrons. The van der Waals surface area contributed by atoms with E-state index in [1.807, 2.05) is 0 Å². The van der Waals surface area contributed by atoms with E-state index in [1.165, 1.54) is 20.3 Å². The Hall–Kier alpha value is -3.72. The molecule has 11 heteroatoms. The van der Waals surface area contributed by atoms with Gasteiger partial charge < -0.3 is 20.1 Å². The number of methoxy groups -OCH3 is 2. The smallest absolute Gasteiger partial charge is 0.283 e. The van der Waals surface area contributed by atoms with Crippen molar-refractivity contribution in [3.63, 3.8) is 0 Å². The molecule has 0 unspecified atom stereocenters. The summed E-state index contributed by atoms with van der Waals surface area (Å²) in [6.45, 7) is 0.221. The molecule has 0 aliphatic carbocycles. The molecular formula is C26H20Cl3N3O5. The predicted octanol–water partition coefficient (Wildman–Crippen LogP) is 5.38. The van der Waals surface area contributed by atoms with Crippen LogP contribution in [0.4, 0.5) is 11.4 Å². The third kappa shape index (κ3) is 5.51. The van der Waals surface area contributed by atoms with Gasteiger partial charge in [-0.15, -0.1) is 0 Å². The van der Waals surface area contributed by atoms with Crippen molar-refractivity contribution in [1.29, 1.82) is 0 Å². The molecule has 1 aliphatic rings. The van der Waals surface area contributed by atoms with Crippen LogP contribution in [0.3, 0.4) is 0 Å². The Balaban J connectivity index is 1.46. The summed E-state index contributed by atoms with van der Waals surface area (Å²) >= 11 is 18.3. The zero-order chi connectivity index (χ0) is 26.7. The Morgan fingerprint density at radius 1 is 0.892 bits per heavy atom. The fraction of sp³-hybridized carbons (Fsp3) is 0.115. The molecule has 3 amide bonds. The lowest BCUT2D eigenvalue weighted by Crippen LogP contribution is -2.32. The lowest BCUT2D eigenvalue weighted by atomic mass is 10.1. The number of hydrogen-bond acceptors (Lipinski definition) is 6. The third-order valence-electron chi connectivity index (χ3n) is 5.53. The van der Waals surface area contributed by atoms with Crippen LogP contribution in [-0.4, -0.2) is 31.9 Å². The lowest BCUT2D eigenvalue weighted by Gasteiger charge is -2.18. The van der Waals surface area contributed by atoms with E-state index < -0.39 is 11.8 Å². The normalized spacial score (nSPS) is 13.2. The van der Waals surface area contributed by atoms with Crippen molar-refractivity contribution in [1.82, 2.24) is 5.32 Å². The van der Waals surface area contributed by atoms with Crippen molar-refractivity contribution in [3.05, 3.63) is 92.6 Å². The fourth-order valence-electron chi connectivity index (χ4n) is 3.59. The van der Waals surface area contributed by atoms with E-state index in [2.05, 4.69) is 10.6 Å². The molecule has 8 nitrogen and oxygen atoms in total. The standard InChI is InChI=1S/C26H20Cl3N3O5/c1-36-18-9-10-20(21(12-18)37-2)32-25(34)22(29)23(26(32)35)31-17-7-4-14(5-8-17)24(33)30-13-15-3-6-16(27)11-19(15)28/h3-12,31H,13H2,1-2H3,(H,30,33). The minimum atomic E-state index is -0.700. The largest absolute Gasteiger partial charge is 0.497 e. The maximum absolute atomic E-state index is 13.1. The van der Waals surface area contributed by atoms with E-state index in [4.69, 9.17) is 44.3 Å². The van der Waals surface area contributed by atoms with Gasteiger partial charge in [-0.3, -0.25) is 14.4 Å². The molecular weight excluding hydrogens is 541 g/mol. The minimum absolute atomic E-state index is 0.0980. The van der Waals surface area contributed by atoms with Crippen molar-refractivity contribution in [2.75, 3.05) is 24.4 Å². The number of benzene rings is 3. The predicted molar refractivity (Wildman–Crippen MR) is 143 cm³/mol. The Morgan fingerprint density at radius 3 is 2.27 bits per heavy atom. The minimum Gasteiger partial charge on any atom is -0.497 e. The van der Waals surface area contributed by atoms with Crippen LogP contribution in [0.5, 0.6) is 11.5 Å². The number of hydrogen-bond donors (Lipinski definition) is 2. The van der Waals surface area contributed by atoms with Crippen LogP contribution >= 0.6 is 34.8 Å². The molecule has 0 saturated carbocycles. The summed E-state index contributed by atoms with van der Waals surface area (Å²) in [5.41, 5.74) is 1.69. The second kappa shape index (κ2) is 11.1. The molecule has 3 aromatic rings. The number of anilines is 2. The molecule has 0 bridgehead atoms. The third-order valence-corrected chi connectivity index (χ3v) is 6.46. The van der Waals surface area contributed by atoms with Crippen LogP contribution in [0.15, 0.2) is 71.4 Å². The molecule has 37 heavy (non-hydrogen) atoms. The number of carbonyl (C=O) groups is 3. The molecule has 0 aromatic heterocycles. The highest BCUT2D eigenvalue weighted by Gasteiger charge is 2.40. The molecule has 0 fully saturated rings. The monoisotopic (exact) mass is 559 g/mol. The van der Waals surface area contributed by atoms with Gasteiger partial charge >= 0.3 is 0 Å².